The predicted octanol–water partition coefficient (Wildman–Crippen LogP) is 5.97. The van der Waals surface area contributed by atoms with Gasteiger partial charge < -0.3 is 21.4 Å². The van der Waals surface area contributed by atoms with Crippen molar-refractivity contribution in [1.29, 1.82) is 0 Å². The van der Waals surface area contributed by atoms with Crippen LogP contribution in [0.15, 0.2) is 78.9 Å². The van der Waals surface area contributed by atoms with Crippen molar-refractivity contribution >= 4 is 45.0 Å². The van der Waals surface area contributed by atoms with Crippen molar-refractivity contribution in [2.24, 2.45) is 5.73 Å². The fourth-order valence-electron chi connectivity index (χ4n) is 4.37. The van der Waals surface area contributed by atoms with Gasteiger partial charge in [0.05, 0.1) is 6.04 Å². The number of rotatable bonds is 5. The monoisotopic (exact) mass is 480 g/mol. The van der Waals surface area contributed by atoms with Crippen molar-refractivity contribution in [3.8, 4) is 11.1 Å². The van der Waals surface area contributed by atoms with E-state index in [1.165, 1.54) is 24.3 Å². The molecule has 2 amide bonds. The fourth-order valence-corrected chi connectivity index (χ4v) is 4.37. The van der Waals surface area contributed by atoms with E-state index in [1.54, 1.807) is 6.92 Å². The number of amides is 2. The molecule has 1 heterocycles. The average molecular weight is 481 g/mol. The molecule has 0 spiro atoms. The normalized spacial score (nSPS) is 12.0. The standard InChI is InChI=1S/C29H25FN4O2/c1-16-21(5-3-7-24(16)34-29(36)18-9-11-19(30)12-10-18)22-6-4-8-25-27(22)23-14-13-20(15-26(23)33-25)32-28(35)17(2)31/h3-15,17,33H,31H2,1-2H3,(H,32,35)(H,34,36)/t17-/m0/s1. The zero-order chi connectivity index (χ0) is 25.4. The van der Waals surface area contributed by atoms with Crippen LogP contribution >= 0.6 is 0 Å². The zero-order valence-corrected chi connectivity index (χ0v) is 19.9. The lowest BCUT2D eigenvalue weighted by molar-refractivity contribution is -0.117. The first-order chi connectivity index (χ1) is 17.3. The minimum atomic E-state index is -0.603. The number of anilines is 2. The van der Waals surface area contributed by atoms with Gasteiger partial charge in [0.2, 0.25) is 5.91 Å². The van der Waals surface area contributed by atoms with Gasteiger partial charge in [0.1, 0.15) is 5.82 Å². The first-order valence-electron chi connectivity index (χ1n) is 11.6. The summed E-state index contributed by atoms with van der Waals surface area (Å²) < 4.78 is 13.2. The molecule has 1 aromatic heterocycles. The molecule has 36 heavy (non-hydrogen) atoms. The lowest BCUT2D eigenvalue weighted by atomic mass is 9.95. The highest BCUT2D eigenvalue weighted by atomic mass is 19.1. The number of halogens is 1. The highest BCUT2D eigenvalue weighted by Gasteiger charge is 2.16. The molecule has 0 aliphatic rings. The van der Waals surface area contributed by atoms with Crippen molar-refractivity contribution in [2.75, 3.05) is 10.6 Å². The van der Waals surface area contributed by atoms with E-state index in [2.05, 4.69) is 21.7 Å². The molecule has 5 rings (SSSR count). The molecule has 5 aromatic rings. The van der Waals surface area contributed by atoms with Crippen molar-refractivity contribution in [3.05, 3.63) is 95.8 Å². The first-order valence-corrected chi connectivity index (χ1v) is 11.6. The maximum atomic E-state index is 13.2. The van der Waals surface area contributed by atoms with E-state index in [0.717, 1.165) is 38.5 Å². The van der Waals surface area contributed by atoms with Gasteiger partial charge in [0.25, 0.3) is 5.91 Å². The molecule has 0 bridgehead atoms. The van der Waals surface area contributed by atoms with E-state index < -0.39 is 6.04 Å². The molecule has 5 N–H and O–H groups in total. The molecule has 0 radical (unpaired) electrons. The van der Waals surface area contributed by atoms with Gasteiger partial charge in [0, 0.05) is 38.7 Å². The number of carbonyl (C=O) groups is 2. The topological polar surface area (TPSA) is 100 Å². The Hall–Kier alpha value is -4.49. The summed E-state index contributed by atoms with van der Waals surface area (Å²) >= 11 is 0. The van der Waals surface area contributed by atoms with Crippen molar-refractivity contribution < 1.29 is 14.0 Å². The summed E-state index contributed by atoms with van der Waals surface area (Å²) in [5, 5.41) is 7.84. The van der Waals surface area contributed by atoms with Crippen LogP contribution in [0, 0.1) is 12.7 Å². The summed E-state index contributed by atoms with van der Waals surface area (Å²) in [5.74, 6) is -0.941. The predicted molar refractivity (Wildman–Crippen MR) is 143 cm³/mol. The third kappa shape index (κ3) is 4.32. The minimum absolute atomic E-state index is 0.249. The van der Waals surface area contributed by atoms with E-state index in [1.807, 2.05) is 55.5 Å². The summed E-state index contributed by atoms with van der Waals surface area (Å²) in [6.07, 6.45) is 0. The molecule has 180 valence electrons. The number of H-pyrrole nitrogens is 1. The summed E-state index contributed by atoms with van der Waals surface area (Å²) in [6, 6.07) is 22.4. The molecule has 0 unspecified atom stereocenters. The lowest BCUT2D eigenvalue weighted by Crippen LogP contribution is -2.32. The fraction of sp³-hybridized carbons (Fsp3) is 0.103. The van der Waals surface area contributed by atoms with Crippen LogP contribution in [0.5, 0.6) is 0 Å². The maximum Gasteiger partial charge on any atom is 0.255 e. The second-order valence-corrected chi connectivity index (χ2v) is 8.83. The molecule has 0 saturated heterocycles. The Kier molecular flexibility index (Phi) is 6.00. The summed E-state index contributed by atoms with van der Waals surface area (Å²) in [7, 11) is 0. The molecule has 4 aromatic carbocycles. The third-order valence-corrected chi connectivity index (χ3v) is 6.28. The van der Waals surface area contributed by atoms with E-state index in [4.69, 9.17) is 5.73 Å². The van der Waals surface area contributed by atoms with E-state index in [9.17, 15) is 14.0 Å². The number of benzene rings is 4. The highest BCUT2D eigenvalue weighted by Crippen LogP contribution is 2.38. The Balaban J connectivity index is 1.54. The second kappa shape index (κ2) is 9.28. The van der Waals surface area contributed by atoms with Crippen LogP contribution in [-0.2, 0) is 4.79 Å². The number of aromatic nitrogens is 1. The number of hydrogen-bond acceptors (Lipinski definition) is 3. The average Bonchev–Trinajstić information content (AvgIpc) is 3.23. The smallest absolute Gasteiger partial charge is 0.255 e. The highest BCUT2D eigenvalue weighted by molar-refractivity contribution is 6.15. The van der Waals surface area contributed by atoms with E-state index in [-0.39, 0.29) is 17.6 Å². The number of carbonyl (C=O) groups excluding carboxylic acids is 2. The van der Waals surface area contributed by atoms with E-state index >= 15 is 0 Å². The van der Waals surface area contributed by atoms with E-state index in [0.29, 0.717) is 16.9 Å². The molecule has 7 heteroatoms. The van der Waals surface area contributed by atoms with Crippen LogP contribution in [0.2, 0.25) is 0 Å². The molecule has 0 saturated carbocycles. The number of aromatic amines is 1. The quantitative estimate of drug-likeness (QED) is 0.249. The third-order valence-electron chi connectivity index (χ3n) is 6.28. The lowest BCUT2D eigenvalue weighted by Gasteiger charge is -2.14. The molecule has 6 nitrogen and oxygen atoms in total. The number of fused-ring (bicyclic) bond motifs is 3. The minimum Gasteiger partial charge on any atom is -0.354 e. The SMILES string of the molecule is Cc1c(NC(=O)c2ccc(F)cc2)cccc1-c1cccc2[nH]c3cc(NC(=O)[C@H](C)N)ccc3c12. The van der Waals surface area contributed by atoms with Crippen molar-refractivity contribution in [3.63, 3.8) is 0 Å². The summed E-state index contributed by atoms with van der Waals surface area (Å²) in [6.45, 7) is 3.60. The summed E-state index contributed by atoms with van der Waals surface area (Å²) in [4.78, 5) is 28.2. The molecule has 0 aliphatic carbocycles. The van der Waals surface area contributed by atoms with Gasteiger partial charge in [-0.05, 0) is 79.1 Å². The first kappa shape index (κ1) is 23.3. The van der Waals surface area contributed by atoms with Crippen molar-refractivity contribution in [1.82, 2.24) is 4.98 Å². The van der Waals surface area contributed by atoms with Crippen LogP contribution in [0.1, 0.15) is 22.8 Å². The molecule has 1 atom stereocenters. The maximum absolute atomic E-state index is 13.2. The Morgan fingerprint density at radius 3 is 2.36 bits per heavy atom. The molecule has 0 aliphatic heterocycles. The Morgan fingerprint density at radius 1 is 0.889 bits per heavy atom. The van der Waals surface area contributed by atoms with Crippen LogP contribution in [0.25, 0.3) is 32.9 Å². The van der Waals surface area contributed by atoms with Gasteiger partial charge in [-0.15, -0.1) is 0 Å². The Bertz CT molecular complexity index is 1620. The molecular formula is C29H25FN4O2. The summed E-state index contributed by atoms with van der Waals surface area (Å²) in [5.41, 5.74) is 12.2. The van der Waals surface area contributed by atoms with Crippen LogP contribution in [0.3, 0.4) is 0 Å². The second-order valence-electron chi connectivity index (χ2n) is 8.83. The number of nitrogens with two attached hydrogens (primary N) is 1. The van der Waals surface area contributed by atoms with Crippen LogP contribution in [0.4, 0.5) is 15.8 Å². The molecule has 0 fully saturated rings. The number of nitrogens with one attached hydrogen (secondary N) is 3. The molecular weight excluding hydrogens is 455 g/mol. The Morgan fingerprint density at radius 2 is 1.61 bits per heavy atom. The zero-order valence-electron chi connectivity index (χ0n) is 19.9. The van der Waals surface area contributed by atoms with Gasteiger partial charge in [-0.2, -0.15) is 0 Å². The van der Waals surface area contributed by atoms with Crippen molar-refractivity contribution in [2.45, 2.75) is 19.9 Å². The van der Waals surface area contributed by atoms with Gasteiger partial charge in [-0.3, -0.25) is 9.59 Å². The largest absolute Gasteiger partial charge is 0.354 e. The van der Waals surface area contributed by atoms with Crippen LogP contribution in [-0.4, -0.2) is 22.8 Å². The van der Waals surface area contributed by atoms with Crippen LogP contribution < -0.4 is 16.4 Å². The van der Waals surface area contributed by atoms with Gasteiger partial charge in [-0.25, -0.2) is 4.39 Å². The Labute approximate surface area is 207 Å². The number of hydrogen-bond donors (Lipinski definition) is 4. The van der Waals surface area contributed by atoms with Gasteiger partial charge in [-0.1, -0.05) is 30.3 Å². The van der Waals surface area contributed by atoms with Gasteiger partial charge in [0.15, 0.2) is 0 Å². The van der Waals surface area contributed by atoms with Gasteiger partial charge >= 0.3 is 0 Å².